The minimum atomic E-state index is -4.63. The number of hydrogen-bond donors (Lipinski definition) is 0. The largest absolute Gasteiger partial charge is 0.433 e. The molecule has 0 fully saturated rings. The summed E-state index contributed by atoms with van der Waals surface area (Å²) in [5, 5.41) is 0.276. The van der Waals surface area contributed by atoms with Gasteiger partial charge >= 0.3 is 11.9 Å². The van der Waals surface area contributed by atoms with Crippen LogP contribution in [0.25, 0.3) is 16.7 Å². The second-order valence-corrected chi connectivity index (χ2v) is 5.05. The van der Waals surface area contributed by atoms with Crippen molar-refractivity contribution >= 4 is 22.6 Å². The van der Waals surface area contributed by atoms with E-state index < -0.39 is 17.6 Å². The average Bonchev–Trinajstić information content (AvgIpc) is 2.47. The fraction of sp³-hybridized carbons (Fsp3) is 0.143. The maximum absolute atomic E-state index is 12.9. The van der Waals surface area contributed by atoms with Crippen molar-refractivity contribution in [3.63, 3.8) is 0 Å². The molecule has 3 aromatic rings. The van der Waals surface area contributed by atoms with Gasteiger partial charge in [-0.05, 0) is 31.2 Å². The summed E-state index contributed by atoms with van der Waals surface area (Å²) in [5.41, 5.74) is -1.67. The average molecular weight is 341 g/mol. The number of pyridine rings is 2. The summed E-state index contributed by atoms with van der Waals surface area (Å²) in [6.45, 7) is 1.52. The molecule has 5 nitrogen and oxygen atoms in total. The summed E-state index contributed by atoms with van der Waals surface area (Å²) in [4.78, 5) is 23.4. The first-order valence-corrected chi connectivity index (χ1v) is 6.75. The van der Waals surface area contributed by atoms with Gasteiger partial charge in [-0.25, -0.2) is 19.3 Å². The van der Waals surface area contributed by atoms with Gasteiger partial charge in [0.1, 0.15) is 5.69 Å². The molecule has 3 aromatic heterocycles. The van der Waals surface area contributed by atoms with E-state index in [1.807, 2.05) is 0 Å². The van der Waals surface area contributed by atoms with Gasteiger partial charge in [0.25, 0.3) is 0 Å². The summed E-state index contributed by atoms with van der Waals surface area (Å²) < 4.78 is 39.7. The molecule has 0 unspecified atom stereocenters. The van der Waals surface area contributed by atoms with Crippen LogP contribution in [0.5, 0.6) is 0 Å². The topological polar surface area (TPSA) is 60.7 Å². The molecule has 9 heteroatoms. The number of nitrogens with zero attached hydrogens (tertiary/aromatic N) is 4. The van der Waals surface area contributed by atoms with Gasteiger partial charge in [0.15, 0.2) is 10.8 Å². The minimum absolute atomic E-state index is 0.0410. The van der Waals surface area contributed by atoms with Crippen LogP contribution in [-0.4, -0.2) is 19.5 Å². The Morgan fingerprint density at radius 2 is 1.91 bits per heavy atom. The third-order valence-corrected chi connectivity index (χ3v) is 3.49. The van der Waals surface area contributed by atoms with Crippen molar-refractivity contribution < 1.29 is 13.2 Å². The van der Waals surface area contributed by atoms with Gasteiger partial charge in [-0.15, -0.1) is 0 Å². The second-order valence-electron chi connectivity index (χ2n) is 4.69. The molecular formula is C14H8ClF3N4O. The first-order valence-electron chi connectivity index (χ1n) is 6.37. The normalized spacial score (nSPS) is 11.9. The van der Waals surface area contributed by atoms with Crippen molar-refractivity contribution in [1.29, 1.82) is 0 Å². The third kappa shape index (κ3) is 2.65. The van der Waals surface area contributed by atoms with Gasteiger partial charge < -0.3 is 0 Å². The van der Waals surface area contributed by atoms with Crippen LogP contribution in [0, 0.1) is 6.92 Å². The first kappa shape index (κ1) is 15.4. The molecular weight excluding hydrogens is 333 g/mol. The van der Waals surface area contributed by atoms with Crippen LogP contribution in [0.2, 0.25) is 5.15 Å². The highest BCUT2D eigenvalue weighted by Crippen LogP contribution is 2.30. The lowest BCUT2D eigenvalue weighted by molar-refractivity contribution is -0.141. The number of aromatic nitrogens is 4. The molecule has 0 aliphatic rings. The highest BCUT2D eigenvalue weighted by atomic mass is 35.5. The van der Waals surface area contributed by atoms with E-state index in [0.29, 0.717) is 5.39 Å². The van der Waals surface area contributed by atoms with Gasteiger partial charge in [0, 0.05) is 11.6 Å². The quantitative estimate of drug-likeness (QED) is 0.638. The fourth-order valence-electron chi connectivity index (χ4n) is 2.16. The number of fused-ring (bicyclic) bond motifs is 1. The highest BCUT2D eigenvalue weighted by Gasteiger charge is 2.33. The van der Waals surface area contributed by atoms with Gasteiger partial charge in [-0.1, -0.05) is 11.6 Å². The fourth-order valence-corrected chi connectivity index (χ4v) is 2.37. The number of hydrogen-bond acceptors (Lipinski definition) is 4. The predicted molar refractivity (Wildman–Crippen MR) is 77.7 cm³/mol. The van der Waals surface area contributed by atoms with Crippen LogP contribution in [0.1, 0.15) is 11.4 Å². The standard InChI is InChI=1S/C14H8ClF3N4O/c1-7-8-4-5-10(14(16,17)18)21-12(8)22(13(23)20-7)9-3-2-6-19-11(9)15/h2-6H,1H3. The van der Waals surface area contributed by atoms with Crippen molar-refractivity contribution in [1.82, 2.24) is 19.5 Å². The number of aryl methyl sites for hydroxylation is 1. The molecule has 0 atom stereocenters. The SMILES string of the molecule is Cc1nc(=O)n(-c2cccnc2Cl)c2nc(C(F)(F)F)ccc12. The van der Waals surface area contributed by atoms with Crippen molar-refractivity contribution in [3.05, 3.63) is 57.5 Å². The number of halogens is 4. The van der Waals surface area contributed by atoms with Crippen LogP contribution in [0.3, 0.4) is 0 Å². The van der Waals surface area contributed by atoms with E-state index in [9.17, 15) is 18.0 Å². The van der Waals surface area contributed by atoms with Gasteiger partial charge in [0.2, 0.25) is 0 Å². The maximum Gasteiger partial charge on any atom is 0.433 e. The lowest BCUT2D eigenvalue weighted by Gasteiger charge is -2.13. The van der Waals surface area contributed by atoms with Crippen LogP contribution < -0.4 is 5.69 Å². The zero-order chi connectivity index (χ0) is 16.8. The van der Waals surface area contributed by atoms with Gasteiger partial charge in [0.05, 0.1) is 11.4 Å². The third-order valence-electron chi connectivity index (χ3n) is 3.20. The van der Waals surface area contributed by atoms with E-state index in [-0.39, 0.29) is 22.2 Å². The molecule has 0 aromatic carbocycles. The van der Waals surface area contributed by atoms with E-state index >= 15 is 0 Å². The second kappa shape index (κ2) is 5.31. The molecule has 118 valence electrons. The van der Waals surface area contributed by atoms with Crippen LogP contribution in [0.15, 0.2) is 35.3 Å². The molecule has 0 saturated heterocycles. The Labute approximate surface area is 132 Å². The monoisotopic (exact) mass is 340 g/mol. The molecule has 0 radical (unpaired) electrons. The van der Waals surface area contributed by atoms with Crippen LogP contribution >= 0.6 is 11.6 Å². The Balaban J connectivity index is 2.46. The Kier molecular flexibility index (Phi) is 3.56. The Bertz CT molecular complexity index is 968. The van der Waals surface area contributed by atoms with Crippen LogP contribution in [-0.2, 0) is 6.18 Å². The van der Waals surface area contributed by atoms with E-state index in [1.54, 1.807) is 0 Å². The van der Waals surface area contributed by atoms with E-state index in [0.717, 1.165) is 10.6 Å². The molecule has 0 amide bonds. The molecule has 0 saturated carbocycles. The summed E-state index contributed by atoms with van der Waals surface area (Å²) in [5.74, 6) is 0. The molecule has 3 rings (SSSR count). The highest BCUT2D eigenvalue weighted by molar-refractivity contribution is 6.31. The van der Waals surface area contributed by atoms with Crippen molar-refractivity contribution in [2.45, 2.75) is 13.1 Å². The number of alkyl halides is 3. The summed E-state index contributed by atoms with van der Waals surface area (Å²) in [6, 6.07) is 5.03. The molecule has 0 spiro atoms. The van der Waals surface area contributed by atoms with Gasteiger partial charge in [-0.2, -0.15) is 18.2 Å². The predicted octanol–water partition coefficient (Wildman–Crippen LogP) is 3.16. The summed E-state index contributed by atoms with van der Waals surface area (Å²) in [6.07, 6.45) is -3.24. The summed E-state index contributed by atoms with van der Waals surface area (Å²) >= 11 is 5.95. The lowest BCUT2D eigenvalue weighted by Crippen LogP contribution is -2.24. The Hall–Kier alpha value is -2.48. The smallest absolute Gasteiger partial charge is 0.245 e. The number of rotatable bonds is 1. The van der Waals surface area contributed by atoms with Crippen molar-refractivity contribution in [3.8, 4) is 5.69 Å². The first-order chi connectivity index (χ1) is 10.8. The minimum Gasteiger partial charge on any atom is -0.245 e. The van der Waals surface area contributed by atoms with Crippen molar-refractivity contribution in [2.75, 3.05) is 0 Å². The van der Waals surface area contributed by atoms with E-state index in [2.05, 4.69) is 15.0 Å². The van der Waals surface area contributed by atoms with E-state index in [4.69, 9.17) is 11.6 Å². The zero-order valence-electron chi connectivity index (χ0n) is 11.6. The lowest BCUT2D eigenvalue weighted by atomic mass is 10.2. The Morgan fingerprint density at radius 3 is 2.57 bits per heavy atom. The molecule has 23 heavy (non-hydrogen) atoms. The molecule has 0 bridgehead atoms. The molecule has 0 aliphatic heterocycles. The van der Waals surface area contributed by atoms with E-state index in [1.165, 1.54) is 31.3 Å². The summed E-state index contributed by atoms with van der Waals surface area (Å²) in [7, 11) is 0. The molecule has 3 heterocycles. The van der Waals surface area contributed by atoms with Crippen molar-refractivity contribution in [2.24, 2.45) is 0 Å². The maximum atomic E-state index is 12.9. The zero-order valence-corrected chi connectivity index (χ0v) is 12.4. The van der Waals surface area contributed by atoms with Gasteiger partial charge in [-0.3, -0.25) is 0 Å². The van der Waals surface area contributed by atoms with Crippen LogP contribution in [0.4, 0.5) is 13.2 Å². The molecule has 0 N–H and O–H groups in total. The Morgan fingerprint density at radius 1 is 1.17 bits per heavy atom. The molecule has 0 aliphatic carbocycles.